The fourth-order valence-corrected chi connectivity index (χ4v) is 3.89. The predicted molar refractivity (Wildman–Crippen MR) is 102 cm³/mol. The molecule has 5 nitrogen and oxygen atoms in total. The van der Waals surface area contributed by atoms with Gasteiger partial charge in [-0.2, -0.15) is 0 Å². The fraction of sp³-hybridized carbons (Fsp3) is 0.150. The number of amides is 1. The second-order valence-electron chi connectivity index (χ2n) is 5.87. The van der Waals surface area contributed by atoms with Gasteiger partial charge < -0.3 is 19.0 Å². The number of para-hydroxylation sites is 1. The van der Waals surface area contributed by atoms with Crippen LogP contribution in [0.1, 0.15) is 21.8 Å². The molecule has 0 radical (unpaired) electrons. The van der Waals surface area contributed by atoms with Gasteiger partial charge in [0.2, 0.25) is 0 Å². The second kappa shape index (κ2) is 7.09. The van der Waals surface area contributed by atoms with Gasteiger partial charge in [-0.25, -0.2) is 0 Å². The Bertz CT molecular complexity index is 1030. The summed E-state index contributed by atoms with van der Waals surface area (Å²) >= 11 is 1.62. The van der Waals surface area contributed by atoms with Crippen molar-refractivity contribution in [3.63, 3.8) is 0 Å². The molecule has 0 saturated carbocycles. The van der Waals surface area contributed by atoms with Crippen molar-refractivity contribution in [1.29, 1.82) is 0 Å². The quantitative estimate of drug-likeness (QED) is 0.554. The zero-order valence-electron chi connectivity index (χ0n) is 14.3. The van der Waals surface area contributed by atoms with Crippen molar-refractivity contribution in [3.8, 4) is 5.75 Å². The molecule has 26 heavy (non-hydrogen) atoms. The molecule has 1 aromatic carbocycles. The van der Waals surface area contributed by atoms with Crippen molar-refractivity contribution in [3.05, 3.63) is 77.2 Å². The summed E-state index contributed by atoms with van der Waals surface area (Å²) in [7, 11) is 1.66. The first kappa shape index (κ1) is 16.5. The van der Waals surface area contributed by atoms with Crippen molar-refractivity contribution in [2.24, 2.45) is 0 Å². The molecule has 1 N–H and O–H groups in total. The lowest BCUT2D eigenvalue weighted by atomic mass is 10.2. The number of hydrogen-bond donors (Lipinski definition) is 1. The zero-order valence-corrected chi connectivity index (χ0v) is 15.1. The SMILES string of the molecule is COc1ccccc1Cn1c(C(=O)NCc2ccco2)cc2ccsc21. The Kier molecular flexibility index (Phi) is 4.50. The molecule has 0 aliphatic rings. The number of ether oxygens (including phenoxy) is 1. The number of thiophene rings is 1. The molecule has 0 fully saturated rings. The topological polar surface area (TPSA) is 56.4 Å². The van der Waals surface area contributed by atoms with Gasteiger partial charge in [-0.3, -0.25) is 4.79 Å². The molecular weight excluding hydrogens is 348 g/mol. The van der Waals surface area contributed by atoms with Crippen molar-refractivity contribution in [2.75, 3.05) is 7.11 Å². The number of nitrogens with one attached hydrogen (secondary N) is 1. The minimum Gasteiger partial charge on any atom is -0.496 e. The average Bonchev–Trinajstić information content (AvgIpc) is 3.39. The number of benzene rings is 1. The fourth-order valence-electron chi connectivity index (χ4n) is 3.00. The number of furan rings is 1. The van der Waals surface area contributed by atoms with E-state index in [1.54, 1.807) is 24.7 Å². The van der Waals surface area contributed by atoms with E-state index < -0.39 is 0 Å². The number of carbonyl (C=O) groups is 1. The van der Waals surface area contributed by atoms with E-state index in [0.29, 0.717) is 18.8 Å². The summed E-state index contributed by atoms with van der Waals surface area (Å²) in [6, 6.07) is 15.5. The Morgan fingerprint density at radius 2 is 2.12 bits per heavy atom. The molecule has 0 aliphatic heterocycles. The average molecular weight is 366 g/mol. The van der Waals surface area contributed by atoms with Crippen LogP contribution in [-0.2, 0) is 13.1 Å². The molecule has 4 aromatic rings. The Balaban J connectivity index is 1.65. The normalized spacial score (nSPS) is 11.0. The molecule has 1 amide bonds. The van der Waals surface area contributed by atoms with Crippen LogP contribution in [0.15, 0.2) is 64.6 Å². The summed E-state index contributed by atoms with van der Waals surface area (Å²) < 4.78 is 12.8. The lowest BCUT2D eigenvalue weighted by molar-refractivity contribution is 0.0939. The molecule has 6 heteroatoms. The monoisotopic (exact) mass is 366 g/mol. The molecule has 0 saturated heterocycles. The minimum absolute atomic E-state index is 0.125. The second-order valence-corrected chi connectivity index (χ2v) is 6.77. The van der Waals surface area contributed by atoms with Crippen molar-refractivity contribution in [1.82, 2.24) is 9.88 Å². The van der Waals surface area contributed by atoms with E-state index in [9.17, 15) is 4.79 Å². The van der Waals surface area contributed by atoms with Crippen molar-refractivity contribution >= 4 is 27.5 Å². The Labute approximate surface area is 154 Å². The molecular formula is C20H18N2O3S. The number of carbonyl (C=O) groups excluding carboxylic acids is 1. The number of nitrogens with zero attached hydrogens (tertiary/aromatic N) is 1. The van der Waals surface area contributed by atoms with Crippen LogP contribution in [0, 0.1) is 0 Å². The minimum atomic E-state index is -0.125. The van der Waals surface area contributed by atoms with Gasteiger partial charge in [0.15, 0.2) is 0 Å². The number of aromatic nitrogens is 1. The molecule has 0 bridgehead atoms. The molecule has 132 valence electrons. The highest BCUT2D eigenvalue weighted by Gasteiger charge is 2.18. The van der Waals surface area contributed by atoms with Crippen LogP contribution in [0.25, 0.3) is 10.2 Å². The Morgan fingerprint density at radius 1 is 1.23 bits per heavy atom. The van der Waals surface area contributed by atoms with Crippen molar-refractivity contribution in [2.45, 2.75) is 13.1 Å². The van der Waals surface area contributed by atoms with Gasteiger partial charge in [-0.05, 0) is 35.7 Å². The highest BCUT2D eigenvalue weighted by Crippen LogP contribution is 2.28. The van der Waals surface area contributed by atoms with Gasteiger partial charge in [0.25, 0.3) is 5.91 Å². The molecule has 3 heterocycles. The third kappa shape index (κ3) is 3.11. The molecule has 0 spiro atoms. The molecule has 4 rings (SSSR count). The molecule has 3 aromatic heterocycles. The van der Waals surface area contributed by atoms with E-state index in [2.05, 4.69) is 5.32 Å². The van der Waals surface area contributed by atoms with Gasteiger partial charge >= 0.3 is 0 Å². The number of methoxy groups -OCH3 is 1. The van der Waals surface area contributed by atoms with E-state index in [4.69, 9.17) is 9.15 Å². The van der Waals surface area contributed by atoms with Gasteiger partial charge in [0.05, 0.1) is 26.5 Å². The molecule has 0 unspecified atom stereocenters. The highest BCUT2D eigenvalue weighted by atomic mass is 32.1. The largest absolute Gasteiger partial charge is 0.496 e. The van der Waals surface area contributed by atoms with E-state index >= 15 is 0 Å². The summed E-state index contributed by atoms with van der Waals surface area (Å²) in [5, 5.41) is 6.03. The van der Waals surface area contributed by atoms with Crippen LogP contribution in [0.4, 0.5) is 0 Å². The summed E-state index contributed by atoms with van der Waals surface area (Å²) in [5.41, 5.74) is 1.66. The summed E-state index contributed by atoms with van der Waals surface area (Å²) in [6.45, 7) is 0.927. The first-order valence-corrected chi connectivity index (χ1v) is 9.13. The van der Waals surface area contributed by atoms with Gasteiger partial charge in [0.1, 0.15) is 22.0 Å². The zero-order chi connectivity index (χ0) is 17.9. The number of hydrogen-bond acceptors (Lipinski definition) is 4. The third-order valence-electron chi connectivity index (χ3n) is 4.26. The lowest BCUT2D eigenvalue weighted by Gasteiger charge is -2.13. The lowest BCUT2D eigenvalue weighted by Crippen LogP contribution is -2.25. The van der Waals surface area contributed by atoms with Crippen LogP contribution < -0.4 is 10.1 Å². The number of rotatable bonds is 6. The van der Waals surface area contributed by atoms with Crippen molar-refractivity contribution < 1.29 is 13.9 Å². The van der Waals surface area contributed by atoms with E-state index in [-0.39, 0.29) is 5.91 Å². The third-order valence-corrected chi connectivity index (χ3v) is 5.21. The van der Waals surface area contributed by atoms with Crippen LogP contribution in [0.2, 0.25) is 0 Å². The maximum Gasteiger partial charge on any atom is 0.268 e. The summed E-state index contributed by atoms with van der Waals surface area (Å²) in [4.78, 5) is 13.8. The smallest absolute Gasteiger partial charge is 0.268 e. The van der Waals surface area contributed by atoms with Gasteiger partial charge in [-0.15, -0.1) is 11.3 Å². The standard InChI is InChI=1S/C20H18N2O3S/c1-24-18-7-3-2-5-15(18)13-22-17(11-14-8-10-26-20(14)22)19(23)21-12-16-6-4-9-25-16/h2-11H,12-13H2,1H3,(H,21,23). The van der Waals surface area contributed by atoms with Crippen LogP contribution >= 0.6 is 11.3 Å². The first-order chi connectivity index (χ1) is 12.8. The number of fused-ring (bicyclic) bond motifs is 1. The Hall–Kier alpha value is -2.99. The van der Waals surface area contributed by atoms with Crippen LogP contribution in [0.5, 0.6) is 5.75 Å². The van der Waals surface area contributed by atoms with E-state index in [1.807, 2.05) is 58.5 Å². The summed E-state index contributed by atoms with van der Waals surface area (Å²) in [6.07, 6.45) is 1.60. The van der Waals surface area contributed by atoms with Gasteiger partial charge in [0, 0.05) is 10.9 Å². The van der Waals surface area contributed by atoms with Gasteiger partial charge in [-0.1, -0.05) is 18.2 Å². The summed E-state index contributed by atoms with van der Waals surface area (Å²) in [5.74, 6) is 1.41. The van der Waals surface area contributed by atoms with E-state index in [1.165, 1.54) is 0 Å². The highest BCUT2D eigenvalue weighted by molar-refractivity contribution is 7.16. The van der Waals surface area contributed by atoms with E-state index in [0.717, 1.165) is 27.3 Å². The predicted octanol–water partition coefficient (Wildman–Crippen LogP) is 4.28. The van der Waals surface area contributed by atoms with Crippen LogP contribution in [0.3, 0.4) is 0 Å². The molecule has 0 aliphatic carbocycles. The van der Waals surface area contributed by atoms with Crippen LogP contribution in [-0.4, -0.2) is 17.6 Å². The first-order valence-electron chi connectivity index (χ1n) is 8.25. The molecule has 0 atom stereocenters. The Morgan fingerprint density at radius 3 is 2.92 bits per heavy atom. The maximum absolute atomic E-state index is 12.8. The maximum atomic E-state index is 12.8.